The van der Waals surface area contributed by atoms with Crippen molar-refractivity contribution in [2.75, 3.05) is 0 Å². The predicted octanol–water partition coefficient (Wildman–Crippen LogP) is 3.77. The topological polar surface area (TPSA) is 190 Å². The van der Waals surface area contributed by atoms with Crippen molar-refractivity contribution in [2.24, 2.45) is 0 Å². The van der Waals surface area contributed by atoms with Crippen molar-refractivity contribution in [1.29, 1.82) is 0 Å². The Hall–Kier alpha value is 1.14. The molecule has 0 aromatic carbocycles. The van der Waals surface area contributed by atoms with Crippen molar-refractivity contribution in [3.05, 3.63) is 0 Å². The van der Waals surface area contributed by atoms with Crippen molar-refractivity contribution < 1.29 is 64.1 Å². The van der Waals surface area contributed by atoms with Crippen LogP contribution < -0.4 is 29.4 Å². The van der Waals surface area contributed by atoms with Gasteiger partial charge in [0.25, 0.3) is 0 Å². The average Bonchev–Trinajstić information content (AvgIpc) is 2.75. The summed E-state index contributed by atoms with van der Waals surface area (Å²) in [6.07, 6.45) is 13.9. The van der Waals surface area contributed by atoms with Crippen LogP contribution in [0.1, 0.15) is 138 Å². The second-order valence-corrected chi connectivity index (χ2v) is 15.6. The van der Waals surface area contributed by atoms with Gasteiger partial charge in [0.15, 0.2) is 0 Å². The smallest absolute Gasteiger partial charge is 0 e. The van der Waals surface area contributed by atoms with Crippen LogP contribution >= 0.6 is 22.8 Å². The Morgan fingerprint density at radius 1 is 0.432 bits per heavy atom. The third-order valence-electron chi connectivity index (χ3n) is 6.05. The molecule has 0 rings (SSSR count). The molecule has 0 saturated carbocycles. The summed E-state index contributed by atoms with van der Waals surface area (Å²) in [5.74, 6) is 0. The second kappa shape index (κ2) is 26.1. The third kappa shape index (κ3) is 33.2. The minimum atomic E-state index is -4.31. The molecule has 0 N–H and O–H groups in total. The van der Waals surface area contributed by atoms with Crippen LogP contribution in [0.15, 0.2) is 0 Å². The van der Waals surface area contributed by atoms with Gasteiger partial charge in [0, 0.05) is 21.1 Å². The predicted molar refractivity (Wildman–Crippen MR) is 137 cm³/mol. The van der Waals surface area contributed by atoms with E-state index in [1.54, 1.807) is 0 Å². The summed E-state index contributed by atoms with van der Waals surface area (Å²) in [4.78, 5) is 62.8. The van der Waals surface area contributed by atoms with E-state index in [1.807, 2.05) is 0 Å². The molecule has 3 atom stereocenters. The third-order valence-corrected chi connectivity index (χ3v) is 10.1. The maximum atomic E-state index is 10.5. The van der Waals surface area contributed by atoms with E-state index >= 15 is 0 Å². The van der Waals surface area contributed by atoms with Gasteiger partial charge in [-0.25, -0.2) is 0 Å². The van der Waals surface area contributed by atoms with Crippen molar-refractivity contribution >= 4 is 22.8 Å². The number of rotatable bonds is 18. The van der Waals surface area contributed by atoms with Crippen LogP contribution in [0.2, 0.25) is 0 Å². The molecule has 0 aromatic rings. The molecule has 0 saturated heterocycles. The fraction of sp³-hybridized carbons (Fsp3) is 1.00. The van der Waals surface area contributed by atoms with Crippen LogP contribution in [-0.4, -0.2) is 17.0 Å². The van der Waals surface area contributed by atoms with Gasteiger partial charge in [-0.3, -0.25) is 0 Å². The van der Waals surface area contributed by atoms with Crippen molar-refractivity contribution in [2.45, 2.75) is 155 Å². The van der Waals surface area contributed by atoms with E-state index in [2.05, 4.69) is 20.8 Å². The number of hydrogen-bond donors (Lipinski definition) is 0. The van der Waals surface area contributed by atoms with Crippen LogP contribution in [-0.2, 0) is 34.8 Å². The summed E-state index contributed by atoms with van der Waals surface area (Å²) in [5, 5.41) is 0. The molecule has 0 amide bonds. The SMILES string of the molecule is CCCCCCC(C)P(=O)([O-])[O-].CCCCCCC(C)P(=O)([O-])[O-].CCCCCCC(C)P(=O)([O-])[O-].[Mo]. The molecular formula is C24H51MoO9P3-6. The van der Waals surface area contributed by atoms with E-state index < -0.39 is 39.8 Å². The first kappa shape index (κ1) is 45.1. The van der Waals surface area contributed by atoms with Gasteiger partial charge in [0.05, 0.1) is 0 Å². The summed E-state index contributed by atoms with van der Waals surface area (Å²) in [6.45, 7) is 10.8. The Balaban J connectivity index is -0.000000218. The standard InChI is InChI=1S/3C8H19O3P.Mo/c3*1-3-4-5-6-7-8(2)12(9,10)11;/h3*8H,3-7H2,1-2H3,(H2,9,10,11);/p-6. The summed E-state index contributed by atoms with van der Waals surface area (Å²) in [6, 6.07) is 0. The van der Waals surface area contributed by atoms with Gasteiger partial charge in [-0.05, 0) is 36.2 Å². The minimum absolute atomic E-state index is 0. The van der Waals surface area contributed by atoms with E-state index in [0.717, 1.165) is 77.0 Å². The summed E-state index contributed by atoms with van der Waals surface area (Å²) < 4.78 is 31.4. The minimum Gasteiger partial charge on any atom is -0.811 e. The van der Waals surface area contributed by atoms with Crippen molar-refractivity contribution in [1.82, 2.24) is 0 Å². The van der Waals surface area contributed by atoms with Gasteiger partial charge in [-0.2, -0.15) is 0 Å². The van der Waals surface area contributed by atoms with E-state index in [4.69, 9.17) is 0 Å². The zero-order chi connectivity index (χ0) is 28.8. The second-order valence-electron chi connectivity index (χ2n) is 9.71. The normalized spacial score (nSPS) is 14.3. The largest absolute Gasteiger partial charge is 0.811 e. The molecule has 3 unspecified atom stereocenters. The maximum absolute atomic E-state index is 10.5. The molecule has 0 aliphatic heterocycles. The fourth-order valence-corrected chi connectivity index (χ4v) is 4.57. The molecule has 0 bridgehead atoms. The summed E-state index contributed by atoms with van der Waals surface area (Å²) >= 11 is 0. The fourth-order valence-electron chi connectivity index (χ4n) is 3.07. The first-order chi connectivity index (χ1) is 16.4. The first-order valence-electron chi connectivity index (χ1n) is 13.5. The van der Waals surface area contributed by atoms with Gasteiger partial charge in [-0.1, -0.05) is 141 Å². The molecule has 0 fully saturated rings. The molecule has 0 heterocycles. The number of hydrogen-bond acceptors (Lipinski definition) is 9. The Bertz CT molecular complexity index is 549. The van der Waals surface area contributed by atoms with Gasteiger partial charge >= 0.3 is 0 Å². The van der Waals surface area contributed by atoms with Crippen LogP contribution in [0.3, 0.4) is 0 Å². The molecule has 0 spiro atoms. The van der Waals surface area contributed by atoms with Crippen LogP contribution in [0, 0.1) is 0 Å². The van der Waals surface area contributed by atoms with E-state index in [9.17, 15) is 43.1 Å². The van der Waals surface area contributed by atoms with Gasteiger partial charge in [0.2, 0.25) is 0 Å². The Kier molecular flexibility index (Phi) is 31.8. The summed E-state index contributed by atoms with van der Waals surface area (Å²) in [5.41, 5.74) is -2.06. The molecule has 37 heavy (non-hydrogen) atoms. The van der Waals surface area contributed by atoms with Crippen molar-refractivity contribution in [3.8, 4) is 0 Å². The maximum Gasteiger partial charge on any atom is 0 e. The first-order valence-corrected chi connectivity index (χ1v) is 18.3. The van der Waals surface area contributed by atoms with Gasteiger partial charge in [0.1, 0.15) is 0 Å². The van der Waals surface area contributed by atoms with Gasteiger partial charge in [-0.15, -0.1) is 0 Å². The van der Waals surface area contributed by atoms with Crippen LogP contribution in [0.5, 0.6) is 0 Å². The molecule has 0 aromatic heterocycles. The Morgan fingerprint density at radius 2 is 0.622 bits per heavy atom. The quantitative estimate of drug-likeness (QED) is 0.119. The summed E-state index contributed by atoms with van der Waals surface area (Å²) in [7, 11) is -12.9. The van der Waals surface area contributed by atoms with E-state index in [0.29, 0.717) is 19.3 Å². The van der Waals surface area contributed by atoms with Crippen molar-refractivity contribution in [3.63, 3.8) is 0 Å². The molecule has 228 valence electrons. The van der Waals surface area contributed by atoms with E-state index in [1.165, 1.54) is 20.8 Å². The van der Waals surface area contributed by atoms with Crippen LogP contribution in [0.25, 0.3) is 0 Å². The molecular weight excluding hydrogens is 621 g/mol. The van der Waals surface area contributed by atoms with Crippen LogP contribution in [0.4, 0.5) is 0 Å². The molecule has 0 aliphatic rings. The number of unbranched alkanes of at least 4 members (excludes halogenated alkanes) is 9. The Labute approximate surface area is 241 Å². The molecule has 0 aliphatic carbocycles. The molecule has 9 nitrogen and oxygen atoms in total. The monoisotopic (exact) mass is 674 g/mol. The average molecular weight is 673 g/mol. The van der Waals surface area contributed by atoms with Gasteiger partial charge < -0.3 is 43.1 Å². The Morgan fingerprint density at radius 3 is 0.757 bits per heavy atom. The molecule has 13 heteroatoms. The van der Waals surface area contributed by atoms with E-state index in [-0.39, 0.29) is 21.1 Å². The zero-order valence-electron chi connectivity index (χ0n) is 23.8. The zero-order valence-corrected chi connectivity index (χ0v) is 28.5. The molecule has 0 radical (unpaired) electrons.